The first-order valence-corrected chi connectivity index (χ1v) is 12.6. The van der Waals surface area contributed by atoms with Crippen LogP contribution in [0.2, 0.25) is 0 Å². The number of esters is 1. The molecule has 0 bridgehead atoms. The number of hydrogen-bond acceptors (Lipinski definition) is 6. The van der Waals surface area contributed by atoms with Gasteiger partial charge in [-0.2, -0.15) is 13.2 Å². The third-order valence-electron chi connectivity index (χ3n) is 6.16. The number of hydrogen-bond donors (Lipinski definition) is 0. The van der Waals surface area contributed by atoms with E-state index in [2.05, 4.69) is 4.98 Å². The quantitative estimate of drug-likeness (QED) is 0.581. The van der Waals surface area contributed by atoms with E-state index < -0.39 is 52.9 Å². The topological polar surface area (TPSA) is 98.6 Å². The lowest BCUT2D eigenvalue weighted by Gasteiger charge is -2.33. The summed E-state index contributed by atoms with van der Waals surface area (Å²) in [6.45, 7) is -1.41. The summed E-state index contributed by atoms with van der Waals surface area (Å²) in [5, 5.41) is 0. The lowest BCUT2D eigenvalue weighted by molar-refractivity contribution is -0.156. The number of amides is 1. The highest BCUT2D eigenvalue weighted by atomic mass is 32.2. The number of aromatic nitrogens is 2. The van der Waals surface area contributed by atoms with Crippen molar-refractivity contribution in [3.63, 3.8) is 0 Å². The number of nitrogens with zero attached hydrogens (tertiary/aromatic N) is 3. The zero-order chi connectivity index (χ0) is 23.8. The number of carbonyl (C=O) groups is 2. The van der Waals surface area contributed by atoms with Gasteiger partial charge in [0.15, 0.2) is 16.4 Å². The van der Waals surface area contributed by atoms with Crippen LogP contribution in [-0.2, 0) is 36.9 Å². The van der Waals surface area contributed by atoms with Gasteiger partial charge in [0, 0.05) is 12.1 Å². The first-order valence-electron chi connectivity index (χ1n) is 10.7. The van der Waals surface area contributed by atoms with Crippen LogP contribution in [0, 0.1) is 0 Å². The van der Waals surface area contributed by atoms with Crippen molar-refractivity contribution in [3.8, 4) is 0 Å². The number of halogens is 3. The number of ether oxygens (including phenoxy) is 1. The fraction of sp³-hybridized carbons (Fsp3) is 0.571. The molecule has 1 aliphatic carbocycles. The van der Waals surface area contributed by atoms with Gasteiger partial charge < -0.3 is 14.2 Å². The maximum absolute atomic E-state index is 13.4. The maximum atomic E-state index is 13.4. The van der Waals surface area contributed by atoms with Crippen LogP contribution in [0.25, 0.3) is 11.0 Å². The molecule has 0 radical (unpaired) electrons. The number of carbonyl (C=O) groups excluding carboxylic acids is 2. The Kier molecular flexibility index (Phi) is 6.39. The van der Waals surface area contributed by atoms with Crippen LogP contribution < -0.4 is 0 Å². The minimum Gasteiger partial charge on any atom is -0.454 e. The van der Waals surface area contributed by atoms with Crippen molar-refractivity contribution < 1.29 is 35.9 Å². The Labute approximate surface area is 188 Å². The van der Waals surface area contributed by atoms with E-state index in [0.717, 1.165) is 30.3 Å². The first kappa shape index (κ1) is 23.5. The molecule has 0 N–H and O–H groups in total. The molecule has 1 atom stereocenters. The number of sulfone groups is 1. The molecular weight excluding hydrogens is 463 g/mol. The highest BCUT2D eigenvalue weighted by Crippen LogP contribution is 2.32. The standard InChI is InChI=1S/C21H24F3N3O5S/c22-21(23,24)20-25-16-7-3-4-8-17(16)26(20)11-19(29)32-12-18(28)27(14-5-1-2-6-14)15-9-10-33(30,31)13-15/h3-4,7-8,14-15H,1-2,5-6,9-13H2. The lowest BCUT2D eigenvalue weighted by atomic mass is 10.1. The van der Waals surface area contributed by atoms with E-state index >= 15 is 0 Å². The normalized spacial score (nSPS) is 20.9. The molecule has 1 saturated carbocycles. The molecule has 8 nitrogen and oxygen atoms in total. The molecule has 1 unspecified atom stereocenters. The summed E-state index contributed by atoms with van der Waals surface area (Å²) in [7, 11) is -3.23. The molecule has 1 amide bonds. The monoisotopic (exact) mass is 487 g/mol. The van der Waals surface area contributed by atoms with Gasteiger partial charge in [0.2, 0.25) is 5.82 Å². The van der Waals surface area contributed by atoms with E-state index in [-0.39, 0.29) is 28.6 Å². The molecule has 1 aromatic carbocycles. The van der Waals surface area contributed by atoms with Crippen molar-refractivity contribution in [2.45, 2.75) is 56.9 Å². The van der Waals surface area contributed by atoms with Crippen LogP contribution in [0.1, 0.15) is 37.9 Å². The smallest absolute Gasteiger partial charge is 0.449 e. The molecule has 12 heteroatoms. The van der Waals surface area contributed by atoms with E-state index in [1.807, 2.05) is 0 Å². The van der Waals surface area contributed by atoms with Gasteiger partial charge in [-0.05, 0) is 31.4 Å². The SMILES string of the molecule is O=C(Cn1c(C(F)(F)F)nc2ccccc21)OCC(=O)N(C1CCCC1)C1CCS(=O)(=O)C1. The van der Waals surface area contributed by atoms with Gasteiger partial charge in [0.05, 0.1) is 22.5 Å². The van der Waals surface area contributed by atoms with Crippen LogP contribution in [-0.4, -0.2) is 64.9 Å². The van der Waals surface area contributed by atoms with Crippen molar-refractivity contribution in [1.82, 2.24) is 14.5 Å². The Bertz CT molecular complexity index is 1160. The molecule has 2 aromatic rings. The molecule has 1 saturated heterocycles. The summed E-state index contributed by atoms with van der Waals surface area (Å²) < 4.78 is 69.9. The van der Waals surface area contributed by atoms with E-state index in [4.69, 9.17) is 4.74 Å². The summed E-state index contributed by atoms with van der Waals surface area (Å²) in [5.74, 6) is -2.89. The van der Waals surface area contributed by atoms with Crippen molar-refractivity contribution in [2.24, 2.45) is 0 Å². The Balaban J connectivity index is 1.46. The van der Waals surface area contributed by atoms with Gasteiger partial charge in [-0.3, -0.25) is 9.59 Å². The van der Waals surface area contributed by atoms with Crippen LogP contribution in [0.5, 0.6) is 0 Å². The van der Waals surface area contributed by atoms with Crippen molar-refractivity contribution in [2.75, 3.05) is 18.1 Å². The fourth-order valence-electron chi connectivity index (χ4n) is 4.73. The number of imidazole rings is 1. The number of benzene rings is 1. The lowest BCUT2D eigenvalue weighted by Crippen LogP contribution is -2.48. The Morgan fingerprint density at radius 1 is 1.12 bits per heavy atom. The molecule has 33 heavy (non-hydrogen) atoms. The van der Waals surface area contributed by atoms with Crippen LogP contribution in [0.3, 0.4) is 0 Å². The van der Waals surface area contributed by atoms with Gasteiger partial charge >= 0.3 is 12.1 Å². The molecule has 1 aliphatic heterocycles. The first-order chi connectivity index (χ1) is 15.5. The van der Waals surface area contributed by atoms with Crippen molar-refractivity contribution in [3.05, 3.63) is 30.1 Å². The zero-order valence-corrected chi connectivity index (χ0v) is 18.6. The Morgan fingerprint density at radius 2 is 1.82 bits per heavy atom. The third kappa shape index (κ3) is 5.15. The largest absolute Gasteiger partial charge is 0.454 e. The third-order valence-corrected chi connectivity index (χ3v) is 7.91. The minimum atomic E-state index is -4.78. The molecule has 0 spiro atoms. The van der Waals surface area contributed by atoms with Gasteiger partial charge in [0.1, 0.15) is 6.54 Å². The predicted molar refractivity (Wildman–Crippen MR) is 112 cm³/mol. The average Bonchev–Trinajstić information content (AvgIpc) is 3.46. The zero-order valence-electron chi connectivity index (χ0n) is 17.8. The molecule has 1 aromatic heterocycles. The van der Waals surface area contributed by atoms with Crippen LogP contribution >= 0.6 is 0 Å². The maximum Gasteiger partial charge on any atom is 0.449 e. The molecule has 180 valence electrons. The highest BCUT2D eigenvalue weighted by Gasteiger charge is 2.40. The molecule has 2 heterocycles. The summed E-state index contributed by atoms with van der Waals surface area (Å²) >= 11 is 0. The number of alkyl halides is 3. The predicted octanol–water partition coefficient (Wildman–Crippen LogP) is 2.56. The van der Waals surface area contributed by atoms with E-state index in [0.29, 0.717) is 6.42 Å². The van der Waals surface area contributed by atoms with Crippen molar-refractivity contribution >= 4 is 32.7 Å². The summed E-state index contributed by atoms with van der Waals surface area (Å²) in [6.07, 6.45) is -1.13. The van der Waals surface area contributed by atoms with Crippen LogP contribution in [0.15, 0.2) is 24.3 Å². The summed E-state index contributed by atoms with van der Waals surface area (Å²) in [4.78, 5) is 30.4. The molecular formula is C21H24F3N3O5S. The summed E-state index contributed by atoms with van der Waals surface area (Å²) in [5.41, 5.74) is 0.209. The van der Waals surface area contributed by atoms with E-state index in [1.165, 1.54) is 29.2 Å². The number of rotatable bonds is 6. The summed E-state index contributed by atoms with van der Waals surface area (Å²) in [6, 6.07) is 5.30. The van der Waals surface area contributed by atoms with Gasteiger partial charge in [0.25, 0.3) is 5.91 Å². The number of para-hydroxylation sites is 2. The second kappa shape index (κ2) is 8.96. The van der Waals surface area contributed by atoms with Gasteiger partial charge in [-0.25, -0.2) is 13.4 Å². The van der Waals surface area contributed by atoms with Gasteiger partial charge in [-0.15, -0.1) is 0 Å². The van der Waals surface area contributed by atoms with Crippen molar-refractivity contribution in [1.29, 1.82) is 0 Å². The highest BCUT2D eigenvalue weighted by molar-refractivity contribution is 7.91. The second-order valence-corrected chi connectivity index (χ2v) is 10.7. The van der Waals surface area contributed by atoms with E-state index in [1.54, 1.807) is 0 Å². The minimum absolute atomic E-state index is 0.00186. The molecule has 2 aliphatic rings. The number of fused-ring (bicyclic) bond motifs is 1. The molecule has 2 fully saturated rings. The van der Waals surface area contributed by atoms with Gasteiger partial charge in [-0.1, -0.05) is 25.0 Å². The van der Waals surface area contributed by atoms with E-state index in [9.17, 15) is 31.2 Å². The molecule has 4 rings (SSSR count). The second-order valence-electron chi connectivity index (χ2n) is 8.46. The fourth-order valence-corrected chi connectivity index (χ4v) is 6.44. The Morgan fingerprint density at radius 3 is 2.45 bits per heavy atom. The Hall–Kier alpha value is -2.63. The van der Waals surface area contributed by atoms with Crippen LogP contribution in [0.4, 0.5) is 13.2 Å². The average molecular weight is 488 g/mol.